The van der Waals surface area contributed by atoms with E-state index in [9.17, 15) is 5.26 Å². The number of fused-ring (bicyclic) bond motifs is 2. The van der Waals surface area contributed by atoms with Crippen LogP contribution in [0.1, 0.15) is 30.5 Å². The van der Waals surface area contributed by atoms with Crippen molar-refractivity contribution in [3.8, 4) is 12.1 Å². The second-order valence-electron chi connectivity index (χ2n) is 10.7. The number of nitrogens with one attached hydrogen (secondary N) is 1. The minimum atomic E-state index is 0.150. The van der Waals surface area contributed by atoms with Crippen LogP contribution in [-0.2, 0) is 13.0 Å². The lowest BCUT2D eigenvalue weighted by Crippen LogP contribution is -2.51. The predicted octanol–water partition coefficient (Wildman–Crippen LogP) is 3.36. The Kier molecular flexibility index (Phi) is 6.58. The molecular weight excluding hydrogens is 462 g/mol. The third kappa shape index (κ3) is 4.81. The van der Waals surface area contributed by atoms with Crippen LogP contribution in [0.3, 0.4) is 0 Å². The van der Waals surface area contributed by atoms with E-state index in [0.717, 1.165) is 63.5 Å². The van der Waals surface area contributed by atoms with Crippen molar-refractivity contribution in [2.75, 3.05) is 50.1 Å². The van der Waals surface area contributed by atoms with E-state index in [1.54, 1.807) is 0 Å². The Bertz CT molecular complexity index is 1310. The first kappa shape index (κ1) is 24.0. The van der Waals surface area contributed by atoms with Gasteiger partial charge in [0.15, 0.2) is 0 Å². The molecule has 3 aromatic rings. The fourth-order valence-corrected chi connectivity index (χ4v) is 5.86. The zero-order valence-electron chi connectivity index (χ0n) is 21.7. The molecule has 8 nitrogen and oxygen atoms in total. The number of nitrogens with zero attached hydrogens (tertiary/aromatic N) is 6. The van der Waals surface area contributed by atoms with Crippen LogP contribution in [0.25, 0.3) is 10.8 Å². The minimum absolute atomic E-state index is 0.150. The zero-order valence-corrected chi connectivity index (χ0v) is 21.7. The standard InChI is InChI=1S/C29H35N7O/c1-34(2)22-16-23(17-22)37-29-32-26-19-35(27-9-5-7-20-6-3-4-8-24(20)27)14-11-25(26)28(33-29)36-15-13-31-21(18-36)10-12-30/h3-9,21-23,31H,10-11,13-19H2,1-2H3/t21-,22?,23?/m0/s1. The fourth-order valence-electron chi connectivity index (χ4n) is 5.86. The Balaban J connectivity index is 1.32. The molecule has 37 heavy (non-hydrogen) atoms. The molecule has 1 aliphatic carbocycles. The number of piperazine rings is 1. The van der Waals surface area contributed by atoms with E-state index in [-0.39, 0.29) is 12.1 Å². The number of aromatic nitrogens is 2. The normalized spacial score (nSPS) is 23.5. The molecule has 6 rings (SSSR count). The summed E-state index contributed by atoms with van der Waals surface area (Å²) in [7, 11) is 4.25. The first-order chi connectivity index (χ1) is 18.1. The molecule has 8 heteroatoms. The number of anilines is 2. The van der Waals surface area contributed by atoms with Crippen LogP contribution in [0.2, 0.25) is 0 Å². The number of rotatable bonds is 6. The zero-order chi connectivity index (χ0) is 25.4. The second-order valence-corrected chi connectivity index (χ2v) is 10.7. The van der Waals surface area contributed by atoms with Crippen molar-refractivity contribution in [1.29, 1.82) is 5.26 Å². The molecule has 1 atom stereocenters. The Morgan fingerprint density at radius 2 is 1.92 bits per heavy atom. The molecule has 2 fully saturated rings. The molecule has 2 aliphatic heterocycles. The van der Waals surface area contributed by atoms with Gasteiger partial charge in [-0.15, -0.1) is 0 Å². The Morgan fingerprint density at radius 1 is 1.08 bits per heavy atom. The van der Waals surface area contributed by atoms with Crippen molar-refractivity contribution in [3.05, 3.63) is 53.7 Å². The summed E-state index contributed by atoms with van der Waals surface area (Å²) in [5.74, 6) is 0.991. The van der Waals surface area contributed by atoms with Gasteiger partial charge in [0.1, 0.15) is 11.9 Å². The van der Waals surface area contributed by atoms with Crippen LogP contribution in [-0.4, -0.2) is 73.3 Å². The quantitative estimate of drug-likeness (QED) is 0.555. The van der Waals surface area contributed by atoms with Crippen LogP contribution < -0.4 is 19.9 Å². The SMILES string of the molecule is CN(C)C1CC(Oc2nc3c(c(N4CCN[C@@H](CC#N)C4)n2)CCN(c2cccc4ccccc24)C3)C1. The molecule has 0 radical (unpaired) electrons. The van der Waals surface area contributed by atoms with Gasteiger partial charge in [0.2, 0.25) is 0 Å². The van der Waals surface area contributed by atoms with Gasteiger partial charge in [0.05, 0.1) is 24.7 Å². The molecule has 3 heterocycles. The average Bonchev–Trinajstić information content (AvgIpc) is 2.89. The summed E-state index contributed by atoms with van der Waals surface area (Å²) in [6.07, 6.45) is 3.54. The smallest absolute Gasteiger partial charge is 0.318 e. The van der Waals surface area contributed by atoms with Gasteiger partial charge in [-0.25, -0.2) is 0 Å². The van der Waals surface area contributed by atoms with Crippen molar-refractivity contribution in [3.63, 3.8) is 0 Å². The molecular formula is C29H35N7O. The van der Waals surface area contributed by atoms with E-state index >= 15 is 0 Å². The average molecular weight is 498 g/mol. The van der Waals surface area contributed by atoms with Crippen molar-refractivity contribution in [1.82, 2.24) is 20.2 Å². The van der Waals surface area contributed by atoms with Gasteiger partial charge in [0, 0.05) is 67.7 Å². The molecule has 0 bridgehead atoms. The molecule has 0 amide bonds. The molecule has 1 N–H and O–H groups in total. The topological polar surface area (TPSA) is 80.5 Å². The van der Waals surface area contributed by atoms with E-state index in [1.807, 2.05) is 0 Å². The Labute approximate surface area is 218 Å². The first-order valence-corrected chi connectivity index (χ1v) is 13.4. The number of hydrogen-bond acceptors (Lipinski definition) is 8. The lowest BCUT2D eigenvalue weighted by atomic mass is 9.88. The van der Waals surface area contributed by atoms with Crippen molar-refractivity contribution in [2.24, 2.45) is 0 Å². The number of nitriles is 1. The van der Waals surface area contributed by atoms with E-state index in [4.69, 9.17) is 14.7 Å². The van der Waals surface area contributed by atoms with Crippen LogP contribution in [0.5, 0.6) is 6.01 Å². The van der Waals surface area contributed by atoms with Gasteiger partial charge in [-0.05, 0) is 32.0 Å². The van der Waals surface area contributed by atoms with Crippen LogP contribution >= 0.6 is 0 Å². The highest BCUT2D eigenvalue weighted by molar-refractivity contribution is 5.94. The third-order valence-corrected chi connectivity index (χ3v) is 8.10. The van der Waals surface area contributed by atoms with Crippen LogP contribution in [0.15, 0.2) is 42.5 Å². The molecule has 0 unspecified atom stereocenters. The van der Waals surface area contributed by atoms with Crippen LogP contribution in [0.4, 0.5) is 11.5 Å². The lowest BCUT2D eigenvalue weighted by Gasteiger charge is -2.40. The maximum absolute atomic E-state index is 9.25. The van der Waals surface area contributed by atoms with E-state index in [0.29, 0.717) is 18.5 Å². The molecule has 192 valence electrons. The van der Waals surface area contributed by atoms with Crippen molar-refractivity contribution < 1.29 is 4.74 Å². The van der Waals surface area contributed by atoms with Gasteiger partial charge in [-0.3, -0.25) is 0 Å². The number of benzene rings is 2. The summed E-state index contributed by atoms with van der Waals surface area (Å²) < 4.78 is 6.35. The maximum Gasteiger partial charge on any atom is 0.318 e. The van der Waals surface area contributed by atoms with E-state index in [1.165, 1.54) is 22.0 Å². The molecule has 3 aliphatic rings. The lowest BCUT2D eigenvalue weighted by molar-refractivity contribution is 0.0334. The highest BCUT2D eigenvalue weighted by Crippen LogP contribution is 2.35. The highest BCUT2D eigenvalue weighted by atomic mass is 16.5. The summed E-state index contributed by atoms with van der Waals surface area (Å²) in [6.45, 7) is 4.13. The molecule has 0 spiro atoms. The van der Waals surface area contributed by atoms with Crippen LogP contribution in [0, 0.1) is 11.3 Å². The predicted molar refractivity (Wildman–Crippen MR) is 146 cm³/mol. The van der Waals surface area contributed by atoms with E-state index in [2.05, 4.69) is 82.6 Å². The summed E-state index contributed by atoms with van der Waals surface area (Å²) >= 11 is 0. The first-order valence-electron chi connectivity index (χ1n) is 13.4. The third-order valence-electron chi connectivity index (χ3n) is 8.10. The molecule has 1 saturated carbocycles. The molecule has 1 aromatic heterocycles. The van der Waals surface area contributed by atoms with Gasteiger partial charge in [-0.1, -0.05) is 36.4 Å². The van der Waals surface area contributed by atoms with Crippen molar-refractivity contribution in [2.45, 2.75) is 50.4 Å². The highest BCUT2D eigenvalue weighted by Gasteiger charge is 2.34. The Hall–Kier alpha value is -3.41. The van der Waals surface area contributed by atoms with Crippen molar-refractivity contribution >= 4 is 22.3 Å². The summed E-state index contributed by atoms with van der Waals surface area (Å²) in [5.41, 5.74) is 3.52. The Morgan fingerprint density at radius 3 is 2.76 bits per heavy atom. The fraction of sp³-hybridized carbons (Fsp3) is 0.483. The number of hydrogen-bond donors (Lipinski definition) is 1. The summed E-state index contributed by atoms with van der Waals surface area (Å²) in [6, 6.07) is 18.6. The minimum Gasteiger partial charge on any atom is -0.460 e. The van der Waals surface area contributed by atoms with Gasteiger partial charge in [0.25, 0.3) is 0 Å². The van der Waals surface area contributed by atoms with Gasteiger partial charge >= 0.3 is 6.01 Å². The van der Waals surface area contributed by atoms with Gasteiger partial charge in [-0.2, -0.15) is 15.2 Å². The largest absolute Gasteiger partial charge is 0.460 e. The monoisotopic (exact) mass is 497 g/mol. The summed E-state index contributed by atoms with van der Waals surface area (Å²) in [4.78, 5) is 17.0. The van der Waals surface area contributed by atoms with E-state index < -0.39 is 0 Å². The molecule has 2 aromatic carbocycles. The summed E-state index contributed by atoms with van der Waals surface area (Å²) in [5, 5.41) is 15.2. The second kappa shape index (κ2) is 10.2. The van der Waals surface area contributed by atoms with Gasteiger partial charge < -0.3 is 24.8 Å². The molecule has 1 saturated heterocycles. The number of ether oxygens (including phenoxy) is 1. The maximum atomic E-state index is 9.25.